The molecule has 3 heterocycles. The summed E-state index contributed by atoms with van der Waals surface area (Å²) in [5.74, 6) is 1.11. The van der Waals surface area contributed by atoms with Crippen molar-refractivity contribution in [3.63, 3.8) is 0 Å². The van der Waals surface area contributed by atoms with E-state index in [0.29, 0.717) is 17.7 Å². The first-order valence-electron chi connectivity index (χ1n) is 11.8. The first kappa shape index (κ1) is 23.7. The Labute approximate surface area is 201 Å². The Kier molecular flexibility index (Phi) is 6.10. The summed E-state index contributed by atoms with van der Waals surface area (Å²) < 4.78 is 0. The van der Waals surface area contributed by atoms with Crippen LogP contribution in [0.15, 0.2) is 42.7 Å². The molecule has 0 saturated carbocycles. The summed E-state index contributed by atoms with van der Waals surface area (Å²) >= 11 is 0. The number of nitrogens with one attached hydrogen (secondary N) is 1. The molecule has 3 aromatic rings. The third kappa shape index (κ3) is 4.36. The van der Waals surface area contributed by atoms with Crippen molar-refractivity contribution >= 4 is 11.7 Å². The van der Waals surface area contributed by atoms with Gasteiger partial charge in [0.05, 0.1) is 11.9 Å². The number of aromatic nitrogens is 4. The molecular formula is C26H34N6O2. The van der Waals surface area contributed by atoms with Crippen LogP contribution in [0.1, 0.15) is 53.9 Å². The Morgan fingerprint density at radius 3 is 2.35 bits per heavy atom. The molecular weight excluding hydrogens is 428 g/mol. The predicted molar refractivity (Wildman–Crippen MR) is 133 cm³/mol. The smallest absolute Gasteiger partial charge is 0.223 e. The molecule has 0 unspecified atom stereocenters. The molecule has 0 aliphatic carbocycles. The molecule has 0 spiro atoms. The number of carbonyl (C=O) groups excluding carboxylic acids is 1. The molecule has 1 amide bonds. The third-order valence-electron chi connectivity index (χ3n) is 6.90. The van der Waals surface area contributed by atoms with Crippen molar-refractivity contribution in [2.75, 3.05) is 11.9 Å². The maximum atomic E-state index is 12.7. The standard InChI is InChI=1S/C26H34N6O2/c1-7-24(34)32-25(2,3)13-19(14-26(32,4)5)31(6)23-11-10-21(29-30-23)20-9-8-17(12-22(20)33)18-15-27-28-16-18/h8-12,15-16,19,33H,7,13-14H2,1-6H3,(H,27,28). The van der Waals surface area contributed by atoms with Gasteiger partial charge >= 0.3 is 0 Å². The van der Waals surface area contributed by atoms with Gasteiger partial charge < -0.3 is 14.9 Å². The second-order valence-corrected chi connectivity index (χ2v) is 10.4. The minimum atomic E-state index is -0.260. The first-order valence-corrected chi connectivity index (χ1v) is 11.8. The van der Waals surface area contributed by atoms with Crippen LogP contribution in [0.25, 0.3) is 22.4 Å². The van der Waals surface area contributed by atoms with Crippen LogP contribution in [0.2, 0.25) is 0 Å². The number of H-pyrrole nitrogens is 1. The minimum absolute atomic E-state index is 0.144. The van der Waals surface area contributed by atoms with E-state index < -0.39 is 0 Å². The molecule has 1 fully saturated rings. The van der Waals surface area contributed by atoms with Crippen molar-refractivity contribution in [3.05, 3.63) is 42.7 Å². The number of nitrogens with zero attached hydrogens (tertiary/aromatic N) is 5. The van der Waals surface area contributed by atoms with Crippen molar-refractivity contribution in [2.24, 2.45) is 0 Å². The van der Waals surface area contributed by atoms with Gasteiger partial charge in [0.1, 0.15) is 5.75 Å². The number of aromatic hydroxyl groups is 1. The number of piperidine rings is 1. The summed E-state index contributed by atoms with van der Waals surface area (Å²) in [6, 6.07) is 9.52. The Morgan fingerprint density at radius 2 is 1.82 bits per heavy atom. The Bertz CT molecular complexity index is 1140. The van der Waals surface area contributed by atoms with Gasteiger partial charge in [0.25, 0.3) is 0 Å². The van der Waals surface area contributed by atoms with E-state index >= 15 is 0 Å². The summed E-state index contributed by atoms with van der Waals surface area (Å²) in [6.07, 6.45) is 5.70. The molecule has 4 rings (SSSR count). The van der Waals surface area contributed by atoms with Crippen molar-refractivity contribution in [3.8, 4) is 28.1 Å². The van der Waals surface area contributed by atoms with Crippen LogP contribution in [0.5, 0.6) is 5.75 Å². The van der Waals surface area contributed by atoms with Gasteiger partial charge in [-0.05, 0) is 70.4 Å². The average molecular weight is 463 g/mol. The number of likely N-dealkylation sites (tertiary alicyclic amines) is 1. The van der Waals surface area contributed by atoms with Crippen LogP contribution >= 0.6 is 0 Å². The summed E-state index contributed by atoms with van der Waals surface area (Å²) in [4.78, 5) is 16.9. The van der Waals surface area contributed by atoms with Crippen molar-refractivity contribution < 1.29 is 9.90 Å². The molecule has 8 heteroatoms. The number of phenols is 1. The third-order valence-corrected chi connectivity index (χ3v) is 6.90. The molecule has 1 aromatic carbocycles. The van der Waals surface area contributed by atoms with Gasteiger partial charge in [-0.15, -0.1) is 10.2 Å². The molecule has 1 aliphatic rings. The number of rotatable bonds is 5. The number of aromatic amines is 1. The fourth-order valence-electron chi connectivity index (χ4n) is 5.52. The largest absolute Gasteiger partial charge is 0.507 e. The Morgan fingerprint density at radius 1 is 1.12 bits per heavy atom. The second kappa shape index (κ2) is 8.74. The maximum absolute atomic E-state index is 12.7. The van der Waals surface area contributed by atoms with E-state index in [-0.39, 0.29) is 28.8 Å². The van der Waals surface area contributed by atoms with Crippen molar-refractivity contribution in [1.29, 1.82) is 0 Å². The molecule has 2 N–H and O–H groups in total. The molecule has 180 valence electrons. The topological polar surface area (TPSA) is 98.2 Å². The predicted octanol–water partition coefficient (Wildman–Crippen LogP) is 4.63. The number of phenolic OH excluding ortho intramolecular Hbond substituents is 1. The van der Waals surface area contributed by atoms with Gasteiger partial charge in [0, 0.05) is 47.9 Å². The lowest BCUT2D eigenvalue weighted by molar-refractivity contribution is -0.149. The Hall–Kier alpha value is -3.42. The highest BCUT2D eigenvalue weighted by atomic mass is 16.3. The SMILES string of the molecule is CCC(=O)N1C(C)(C)CC(N(C)c2ccc(-c3ccc(-c4cn[nH]c4)cc3O)nn2)CC1(C)C. The molecule has 1 saturated heterocycles. The normalized spacial score (nSPS) is 17.5. The molecule has 2 aromatic heterocycles. The van der Waals surface area contributed by atoms with Gasteiger partial charge in [-0.1, -0.05) is 13.0 Å². The fourth-order valence-corrected chi connectivity index (χ4v) is 5.52. The highest BCUT2D eigenvalue weighted by molar-refractivity contribution is 5.78. The number of anilines is 1. The van der Waals surface area contributed by atoms with E-state index in [0.717, 1.165) is 29.8 Å². The summed E-state index contributed by atoms with van der Waals surface area (Å²) in [5, 5.41) is 26.2. The van der Waals surface area contributed by atoms with E-state index in [2.05, 4.69) is 57.9 Å². The van der Waals surface area contributed by atoms with Gasteiger partial charge in [-0.3, -0.25) is 9.89 Å². The van der Waals surface area contributed by atoms with Gasteiger partial charge in [0.2, 0.25) is 5.91 Å². The van der Waals surface area contributed by atoms with Crippen LogP contribution in [0.3, 0.4) is 0 Å². The van der Waals surface area contributed by atoms with E-state index in [1.807, 2.05) is 38.2 Å². The van der Waals surface area contributed by atoms with E-state index in [9.17, 15) is 9.90 Å². The van der Waals surface area contributed by atoms with Gasteiger partial charge in [-0.2, -0.15) is 5.10 Å². The number of hydrogen-bond donors (Lipinski definition) is 2. The van der Waals surface area contributed by atoms with Crippen molar-refractivity contribution in [1.82, 2.24) is 25.3 Å². The average Bonchev–Trinajstić information content (AvgIpc) is 3.32. The zero-order valence-electron chi connectivity index (χ0n) is 20.8. The highest BCUT2D eigenvalue weighted by Crippen LogP contribution is 2.41. The number of benzene rings is 1. The summed E-state index contributed by atoms with van der Waals surface area (Å²) in [6.45, 7) is 10.5. The molecule has 0 atom stereocenters. The fraction of sp³-hybridized carbons (Fsp3) is 0.462. The minimum Gasteiger partial charge on any atom is -0.507 e. The molecule has 0 radical (unpaired) electrons. The van der Waals surface area contributed by atoms with Crippen molar-refractivity contribution in [2.45, 2.75) is 71.0 Å². The van der Waals surface area contributed by atoms with Gasteiger partial charge in [-0.25, -0.2) is 0 Å². The number of amides is 1. The zero-order chi connectivity index (χ0) is 24.7. The lowest BCUT2D eigenvalue weighted by atomic mass is 9.76. The lowest BCUT2D eigenvalue weighted by Gasteiger charge is -2.56. The van der Waals surface area contributed by atoms with Crippen LogP contribution < -0.4 is 4.90 Å². The maximum Gasteiger partial charge on any atom is 0.223 e. The highest BCUT2D eigenvalue weighted by Gasteiger charge is 2.48. The summed E-state index contributed by atoms with van der Waals surface area (Å²) in [7, 11) is 2.04. The number of carbonyl (C=O) groups is 1. The zero-order valence-corrected chi connectivity index (χ0v) is 20.8. The Balaban J connectivity index is 1.54. The summed E-state index contributed by atoms with van der Waals surface area (Å²) in [5.41, 5.74) is 2.49. The second-order valence-electron chi connectivity index (χ2n) is 10.4. The van der Waals surface area contributed by atoms with Crippen LogP contribution in [0, 0.1) is 0 Å². The van der Waals surface area contributed by atoms with Crippen LogP contribution in [-0.4, -0.2) is 60.5 Å². The van der Waals surface area contributed by atoms with Crippen LogP contribution in [-0.2, 0) is 4.79 Å². The van der Waals surface area contributed by atoms with E-state index in [1.165, 1.54) is 0 Å². The molecule has 8 nitrogen and oxygen atoms in total. The van der Waals surface area contributed by atoms with E-state index in [1.54, 1.807) is 18.5 Å². The quantitative estimate of drug-likeness (QED) is 0.573. The number of hydrogen-bond acceptors (Lipinski definition) is 6. The van der Waals surface area contributed by atoms with Gasteiger partial charge in [0.15, 0.2) is 5.82 Å². The monoisotopic (exact) mass is 462 g/mol. The first-order chi connectivity index (χ1) is 16.0. The van der Waals surface area contributed by atoms with E-state index in [4.69, 9.17) is 0 Å². The van der Waals surface area contributed by atoms with Crippen LogP contribution in [0.4, 0.5) is 5.82 Å². The lowest BCUT2D eigenvalue weighted by Crippen LogP contribution is -2.65. The molecule has 0 bridgehead atoms. The molecule has 34 heavy (non-hydrogen) atoms. The molecule has 1 aliphatic heterocycles.